The van der Waals surface area contributed by atoms with Gasteiger partial charge in [0.2, 0.25) is 0 Å². The van der Waals surface area contributed by atoms with E-state index in [1.54, 1.807) is 23.0 Å². The molecule has 0 atom stereocenters. The van der Waals surface area contributed by atoms with Gasteiger partial charge in [-0.15, -0.1) is 11.3 Å². The van der Waals surface area contributed by atoms with Gasteiger partial charge in [-0.1, -0.05) is 0 Å². The summed E-state index contributed by atoms with van der Waals surface area (Å²) >= 11 is 1.60. The maximum atomic E-state index is 3.74. The van der Waals surface area contributed by atoms with Crippen LogP contribution in [0.5, 0.6) is 0 Å². The molecule has 1 nitrogen and oxygen atoms in total. The first-order valence-electron chi connectivity index (χ1n) is 1.32. The maximum absolute atomic E-state index is 3.74. The van der Waals surface area contributed by atoms with Crippen LogP contribution in [0, 0.1) is 0 Å². The molecule has 0 bridgehead atoms. The van der Waals surface area contributed by atoms with E-state index in [0.717, 1.165) is 0 Å². The molecule has 32 valence electrons. The van der Waals surface area contributed by atoms with Gasteiger partial charge >= 0.3 is 0 Å². The smallest absolute Gasteiger partial charge is 0.0791 e. The van der Waals surface area contributed by atoms with Crippen LogP contribution in [0.1, 0.15) is 0 Å². The molecule has 0 saturated heterocycles. The van der Waals surface area contributed by atoms with Crippen LogP contribution in [0.25, 0.3) is 0 Å². The van der Waals surface area contributed by atoms with Gasteiger partial charge < -0.3 is 0 Å². The van der Waals surface area contributed by atoms with Crippen LogP contribution in [0.3, 0.4) is 0 Å². The van der Waals surface area contributed by atoms with Crippen molar-refractivity contribution in [3.8, 4) is 0 Å². The first kappa shape index (κ1) is 6.16. The Morgan fingerprint density at radius 2 is 2.33 bits per heavy atom. The quantitative estimate of drug-likeness (QED) is 0.522. The molecule has 1 aromatic heterocycles. The molecule has 0 aliphatic rings. The van der Waals surface area contributed by atoms with Crippen molar-refractivity contribution in [2.75, 3.05) is 0 Å². The second-order valence-electron chi connectivity index (χ2n) is 0.676. The van der Waals surface area contributed by atoms with Gasteiger partial charge in [0.1, 0.15) is 0 Å². The monoisotopic (exact) mass is 137 g/mol. The van der Waals surface area contributed by atoms with E-state index < -0.39 is 0 Å². The Morgan fingerprint density at radius 1 is 1.50 bits per heavy atom. The Bertz CT molecular complexity index is 67.3. The molecular formula is C3H3CrNS. The van der Waals surface area contributed by atoms with E-state index >= 15 is 0 Å². The molecular weight excluding hydrogens is 134 g/mol. The van der Waals surface area contributed by atoms with Crippen LogP contribution >= 0.6 is 11.3 Å². The minimum Gasteiger partial charge on any atom is -0.253 e. The van der Waals surface area contributed by atoms with Crippen molar-refractivity contribution in [3.05, 3.63) is 17.1 Å². The fourth-order valence-corrected chi connectivity index (χ4v) is 0.527. The van der Waals surface area contributed by atoms with Crippen LogP contribution in [0.4, 0.5) is 0 Å². The second-order valence-corrected chi connectivity index (χ2v) is 1.43. The van der Waals surface area contributed by atoms with Gasteiger partial charge in [-0.2, -0.15) is 0 Å². The van der Waals surface area contributed by atoms with Crippen molar-refractivity contribution in [3.63, 3.8) is 0 Å². The van der Waals surface area contributed by atoms with E-state index in [-0.39, 0.29) is 17.4 Å². The SMILES string of the molecule is [Cr].c1cscn1. The second kappa shape index (κ2) is 3.36. The molecule has 0 radical (unpaired) electrons. The fourth-order valence-electron chi connectivity index (χ4n) is 0.176. The van der Waals surface area contributed by atoms with Gasteiger partial charge in [-0.3, -0.25) is 4.98 Å². The number of nitrogens with zero attached hydrogens (tertiary/aromatic N) is 1. The Hall–Kier alpha value is 0.162. The molecule has 3 heteroatoms. The van der Waals surface area contributed by atoms with Crippen molar-refractivity contribution in [2.45, 2.75) is 0 Å². The van der Waals surface area contributed by atoms with Gasteiger partial charge in [0.05, 0.1) is 5.51 Å². The summed E-state index contributed by atoms with van der Waals surface area (Å²) in [4.78, 5) is 3.74. The van der Waals surface area contributed by atoms with E-state index in [1.165, 1.54) is 0 Å². The van der Waals surface area contributed by atoms with Crippen molar-refractivity contribution < 1.29 is 17.4 Å². The first-order valence-corrected chi connectivity index (χ1v) is 2.26. The molecule has 1 aromatic rings. The van der Waals surface area contributed by atoms with Crippen molar-refractivity contribution >= 4 is 11.3 Å². The van der Waals surface area contributed by atoms with Gasteiger partial charge in [0.25, 0.3) is 0 Å². The summed E-state index contributed by atoms with van der Waals surface area (Å²) in [6.07, 6.45) is 1.77. The van der Waals surface area contributed by atoms with Crippen LogP contribution in [0.15, 0.2) is 17.1 Å². The molecule has 1 heterocycles. The summed E-state index contributed by atoms with van der Waals surface area (Å²) in [5.41, 5.74) is 1.79. The van der Waals surface area contributed by atoms with Gasteiger partial charge in [0, 0.05) is 28.9 Å². The van der Waals surface area contributed by atoms with Crippen LogP contribution in [0.2, 0.25) is 0 Å². The van der Waals surface area contributed by atoms with E-state index in [1.807, 2.05) is 5.38 Å². The minimum absolute atomic E-state index is 0. The number of hydrogen-bond donors (Lipinski definition) is 0. The zero-order chi connectivity index (χ0) is 3.54. The van der Waals surface area contributed by atoms with E-state index in [0.29, 0.717) is 0 Å². The number of rotatable bonds is 0. The standard InChI is InChI=1S/C3H3NS.Cr/c1-2-5-3-4-1;/h1-3H;. The Morgan fingerprint density at radius 3 is 2.50 bits per heavy atom. The fraction of sp³-hybridized carbons (Fsp3) is 0. The molecule has 0 N–H and O–H groups in total. The Kier molecular flexibility index (Phi) is 3.45. The molecule has 6 heavy (non-hydrogen) atoms. The molecule has 0 saturated carbocycles. The van der Waals surface area contributed by atoms with E-state index in [9.17, 15) is 0 Å². The van der Waals surface area contributed by atoms with Crippen LogP contribution in [-0.4, -0.2) is 4.98 Å². The number of aromatic nitrogens is 1. The third kappa shape index (κ3) is 1.56. The molecule has 1 rings (SSSR count). The summed E-state index contributed by atoms with van der Waals surface area (Å²) in [5, 5.41) is 1.93. The normalized spacial score (nSPS) is 6.67. The summed E-state index contributed by atoms with van der Waals surface area (Å²) in [7, 11) is 0. The van der Waals surface area contributed by atoms with E-state index in [4.69, 9.17) is 0 Å². The molecule has 0 spiro atoms. The first-order chi connectivity index (χ1) is 2.50. The molecule has 0 amide bonds. The third-order valence-corrected chi connectivity index (χ3v) is 0.869. The largest absolute Gasteiger partial charge is 0.253 e. The number of thiazole rings is 1. The molecule has 0 aromatic carbocycles. The topological polar surface area (TPSA) is 12.9 Å². The average Bonchev–Trinajstić information content (AvgIpc) is 1.76. The Labute approximate surface area is 51.2 Å². The maximum Gasteiger partial charge on any atom is 0.0791 e. The Balaban J connectivity index is 0.000000250. The van der Waals surface area contributed by atoms with Crippen LogP contribution < -0.4 is 0 Å². The third-order valence-electron chi connectivity index (χ3n) is 0.347. The van der Waals surface area contributed by atoms with Gasteiger partial charge in [0.15, 0.2) is 0 Å². The zero-order valence-corrected chi connectivity index (χ0v) is 5.09. The van der Waals surface area contributed by atoms with Crippen molar-refractivity contribution in [2.24, 2.45) is 0 Å². The van der Waals surface area contributed by atoms with Crippen molar-refractivity contribution in [1.29, 1.82) is 0 Å². The predicted molar refractivity (Wildman–Crippen MR) is 22.1 cm³/mol. The van der Waals surface area contributed by atoms with Gasteiger partial charge in [-0.05, 0) is 0 Å². The van der Waals surface area contributed by atoms with Crippen molar-refractivity contribution in [1.82, 2.24) is 4.98 Å². The average molecular weight is 137 g/mol. The molecule has 0 fully saturated rings. The minimum atomic E-state index is 0. The summed E-state index contributed by atoms with van der Waals surface area (Å²) in [6, 6.07) is 0. The molecule has 0 unspecified atom stereocenters. The summed E-state index contributed by atoms with van der Waals surface area (Å²) < 4.78 is 0. The number of hydrogen-bond acceptors (Lipinski definition) is 2. The van der Waals surface area contributed by atoms with E-state index in [2.05, 4.69) is 4.98 Å². The molecule has 0 aliphatic heterocycles. The molecule has 0 aliphatic carbocycles. The predicted octanol–water partition coefficient (Wildman–Crippen LogP) is 1.14. The summed E-state index contributed by atoms with van der Waals surface area (Å²) in [5.74, 6) is 0. The van der Waals surface area contributed by atoms with Gasteiger partial charge in [-0.25, -0.2) is 0 Å². The van der Waals surface area contributed by atoms with Crippen LogP contribution in [-0.2, 0) is 17.4 Å². The summed E-state index contributed by atoms with van der Waals surface area (Å²) in [6.45, 7) is 0. The zero-order valence-electron chi connectivity index (χ0n) is 3.00.